The Bertz CT molecular complexity index is 875. The smallest absolute Gasteiger partial charge is 0.238 e. The third kappa shape index (κ3) is 2.17. The number of sulfonamides is 1. The molecule has 1 aromatic heterocycles. The number of fused-ring (bicyclic) bond motifs is 1. The van der Waals surface area contributed by atoms with E-state index >= 15 is 0 Å². The lowest BCUT2D eigenvalue weighted by atomic mass is 9.99. The van der Waals surface area contributed by atoms with Gasteiger partial charge in [0.05, 0.1) is 4.90 Å². The largest absolute Gasteiger partial charge is 0.264 e. The van der Waals surface area contributed by atoms with E-state index in [-0.39, 0.29) is 4.90 Å². The molecule has 4 nitrogen and oxygen atoms in total. The summed E-state index contributed by atoms with van der Waals surface area (Å²) in [6.45, 7) is 0. The van der Waals surface area contributed by atoms with Crippen molar-refractivity contribution < 1.29 is 8.42 Å². The number of nitrogens with two attached hydrogens (primary N) is 1. The maximum atomic E-state index is 11.8. The number of hydrogen-bond donors (Lipinski definition) is 1. The van der Waals surface area contributed by atoms with Crippen LogP contribution in [0.15, 0.2) is 65.8 Å². The van der Waals surface area contributed by atoms with Crippen LogP contribution in [-0.2, 0) is 10.0 Å². The second kappa shape index (κ2) is 4.70. The van der Waals surface area contributed by atoms with Crippen LogP contribution in [0, 0.1) is 0 Å². The lowest BCUT2D eigenvalue weighted by Crippen LogP contribution is -2.13. The van der Waals surface area contributed by atoms with Gasteiger partial charge in [0.15, 0.2) is 0 Å². The highest BCUT2D eigenvalue weighted by atomic mass is 32.2. The van der Waals surface area contributed by atoms with Crippen molar-refractivity contribution in [3.63, 3.8) is 0 Å². The number of rotatable bonds is 2. The lowest BCUT2D eigenvalue weighted by Gasteiger charge is -2.11. The molecule has 20 heavy (non-hydrogen) atoms. The SMILES string of the molecule is NS(=O)(=O)c1ccc2ccccc2c1-c1cccnc1. The van der Waals surface area contributed by atoms with Gasteiger partial charge in [-0.3, -0.25) is 4.98 Å². The van der Waals surface area contributed by atoms with Gasteiger partial charge in [-0.25, -0.2) is 13.6 Å². The second-order valence-electron chi connectivity index (χ2n) is 4.45. The van der Waals surface area contributed by atoms with Crippen LogP contribution in [0.25, 0.3) is 21.9 Å². The number of hydrogen-bond acceptors (Lipinski definition) is 3. The highest BCUT2D eigenvalue weighted by molar-refractivity contribution is 7.89. The molecule has 3 aromatic rings. The highest BCUT2D eigenvalue weighted by Gasteiger charge is 2.17. The first-order valence-corrected chi connectivity index (χ1v) is 7.57. The second-order valence-corrected chi connectivity index (χ2v) is 5.98. The predicted octanol–water partition coefficient (Wildman–Crippen LogP) is 2.55. The van der Waals surface area contributed by atoms with E-state index < -0.39 is 10.0 Å². The van der Waals surface area contributed by atoms with Crippen molar-refractivity contribution in [1.29, 1.82) is 0 Å². The van der Waals surface area contributed by atoms with Crippen LogP contribution in [-0.4, -0.2) is 13.4 Å². The molecule has 0 atom stereocenters. The first kappa shape index (κ1) is 12.8. The molecule has 2 aromatic carbocycles. The van der Waals surface area contributed by atoms with E-state index in [9.17, 15) is 8.42 Å². The van der Waals surface area contributed by atoms with Gasteiger partial charge >= 0.3 is 0 Å². The van der Waals surface area contributed by atoms with E-state index in [1.807, 2.05) is 30.3 Å². The molecule has 0 saturated carbocycles. The average Bonchev–Trinajstić information content (AvgIpc) is 2.46. The third-order valence-corrected chi connectivity index (χ3v) is 4.10. The van der Waals surface area contributed by atoms with E-state index in [2.05, 4.69) is 4.98 Å². The number of pyridine rings is 1. The number of aromatic nitrogens is 1. The van der Waals surface area contributed by atoms with Crippen molar-refractivity contribution in [2.24, 2.45) is 5.14 Å². The van der Waals surface area contributed by atoms with Crippen molar-refractivity contribution in [1.82, 2.24) is 4.98 Å². The molecule has 3 rings (SSSR count). The van der Waals surface area contributed by atoms with Gasteiger partial charge < -0.3 is 0 Å². The third-order valence-electron chi connectivity index (χ3n) is 3.15. The average molecular weight is 284 g/mol. The van der Waals surface area contributed by atoms with E-state index in [1.165, 1.54) is 0 Å². The summed E-state index contributed by atoms with van der Waals surface area (Å²) in [4.78, 5) is 4.17. The zero-order valence-corrected chi connectivity index (χ0v) is 11.3. The van der Waals surface area contributed by atoms with Gasteiger partial charge in [-0.2, -0.15) is 0 Å². The molecular weight excluding hydrogens is 272 g/mol. The molecule has 0 aliphatic heterocycles. The molecular formula is C15H12N2O2S. The molecule has 5 heteroatoms. The zero-order chi connectivity index (χ0) is 14.2. The molecule has 0 fully saturated rings. The first-order valence-electron chi connectivity index (χ1n) is 6.02. The molecule has 0 radical (unpaired) electrons. The van der Waals surface area contributed by atoms with Gasteiger partial charge in [-0.1, -0.05) is 36.4 Å². The topological polar surface area (TPSA) is 73.1 Å². The fraction of sp³-hybridized carbons (Fsp3) is 0. The summed E-state index contributed by atoms with van der Waals surface area (Å²) in [6.07, 6.45) is 3.28. The zero-order valence-electron chi connectivity index (χ0n) is 10.5. The Hall–Kier alpha value is -2.24. The first-order chi connectivity index (χ1) is 9.57. The van der Waals surface area contributed by atoms with Gasteiger partial charge in [0.2, 0.25) is 10.0 Å². The minimum Gasteiger partial charge on any atom is -0.264 e. The van der Waals surface area contributed by atoms with Gasteiger partial charge in [0.1, 0.15) is 0 Å². The molecule has 2 N–H and O–H groups in total. The van der Waals surface area contributed by atoms with Gasteiger partial charge in [0, 0.05) is 23.5 Å². The summed E-state index contributed by atoms with van der Waals surface area (Å²) >= 11 is 0. The molecule has 0 spiro atoms. The summed E-state index contributed by atoms with van der Waals surface area (Å²) in [6, 6.07) is 14.5. The Morgan fingerprint density at radius 2 is 1.75 bits per heavy atom. The van der Waals surface area contributed by atoms with Crippen molar-refractivity contribution in [2.75, 3.05) is 0 Å². The van der Waals surface area contributed by atoms with Crippen LogP contribution < -0.4 is 5.14 Å². The van der Waals surface area contributed by atoms with Crippen molar-refractivity contribution in [2.45, 2.75) is 4.90 Å². The van der Waals surface area contributed by atoms with Crippen LogP contribution >= 0.6 is 0 Å². The number of primary sulfonamides is 1. The molecule has 1 heterocycles. The molecule has 0 saturated heterocycles. The van der Waals surface area contributed by atoms with Crippen LogP contribution in [0.5, 0.6) is 0 Å². The van der Waals surface area contributed by atoms with E-state index in [0.29, 0.717) is 5.56 Å². The van der Waals surface area contributed by atoms with Crippen LogP contribution in [0.3, 0.4) is 0 Å². The monoisotopic (exact) mass is 284 g/mol. The number of benzene rings is 2. The quantitative estimate of drug-likeness (QED) is 0.786. The standard InChI is InChI=1S/C15H12N2O2S/c16-20(18,19)14-8-7-11-4-1-2-6-13(11)15(14)12-5-3-9-17-10-12/h1-10H,(H2,16,18,19). The molecule has 0 aliphatic carbocycles. The van der Waals surface area contributed by atoms with Crippen LogP contribution in [0.1, 0.15) is 0 Å². The molecule has 100 valence electrons. The number of nitrogens with zero attached hydrogens (tertiary/aromatic N) is 1. The summed E-state index contributed by atoms with van der Waals surface area (Å²) in [5.74, 6) is 0. The van der Waals surface area contributed by atoms with E-state index in [4.69, 9.17) is 5.14 Å². The van der Waals surface area contributed by atoms with Crippen molar-refractivity contribution >= 4 is 20.8 Å². The Balaban J connectivity index is 2.48. The molecule has 0 unspecified atom stereocenters. The predicted molar refractivity (Wildman–Crippen MR) is 78.6 cm³/mol. The van der Waals surface area contributed by atoms with Crippen molar-refractivity contribution in [3.8, 4) is 11.1 Å². The van der Waals surface area contributed by atoms with Crippen LogP contribution in [0.2, 0.25) is 0 Å². The summed E-state index contributed by atoms with van der Waals surface area (Å²) < 4.78 is 23.7. The molecule has 0 aliphatic rings. The minimum atomic E-state index is -3.80. The Kier molecular flexibility index (Phi) is 3.00. The van der Waals surface area contributed by atoms with Crippen LogP contribution in [0.4, 0.5) is 0 Å². The lowest BCUT2D eigenvalue weighted by molar-refractivity contribution is 0.598. The Morgan fingerprint density at radius 1 is 0.950 bits per heavy atom. The minimum absolute atomic E-state index is 0.115. The highest BCUT2D eigenvalue weighted by Crippen LogP contribution is 2.33. The summed E-state index contributed by atoms with van der Waals surface area (Å²) in [5.41, 5.74) is 1.33. The molecule has 0 amide bonds. The summed E-state index contributed by atoms with van der Waals surface area (Å²) in [5, 5.41) is 7.13. The fourth-order valence-electron chi connectivity index (χ4n) is 2.30. The van der Waals surface area contributed by atoms with Crippen molar-refractivity contribution in [3.05, 3.63) is 60.9 Å². The Morgan fingerprint density at radius 3 is 2.45 bits per heavy atom. The van der Waals surface area contributed by atoms with Gasteiger partial charge in [0.25, 0.3) is 0 Å². The van der Waals surface area contributed by atoms with E-state index in [1.54, 1.807) is 30.6 Å². The fourth-order valence-corrected chi connectivity index (χ4v) is 3.07. The van der Waals surface area contributed by atoms with Gasteiger partial charge in [-0.15, -0.1) is 0 Å². The summed E-state index contributed by atoms with van der Waals surface area (Å²) in [7, 11) is -3.80. The Labute approximate surface area is 116 Å². The normalized spacial score (nSPS) is 11.7. The maximum Gasteiger partial charge on any atom is 0.238 e. The van der Waals surface area contributed by atoms with Gasteiger partial charge in [-0.05, 0) is 22.9 Å². The molecule has 0 bridgehead atoms. The maximum absolute atomic E-state index is 11.8. The van der Waals surface area contributed by atoms with E-state index in [0.717, 1.165) is 16.3 Å².